The van der Waals surface area contributed by atoms with Gasteiger partial charge in [-0.2, -0.15) is 18.2 Å². The number of carbonyl (C=O) groups is 1. The first-order chi connectivity index (χ1) is 21.5. The maximum atomic E-state index is 14.1. The Morgan fingerprint density at radius 3 is 2.35 bits per heavy atom. The molecule has 254 valence electrons. The van der Waals surface area contributed by atoms with Crippen LogP contribution in [0.1, 0.15) is 51.5 Å². The molecular formula is C29H37ClF3N5O6S2. The molecule has 1 atom stereocenters. The van der Waals surface area contributed by atoms with Crippen molar-refractivity contribution in [3.63, 3.8) is 0 Å². The molecule has 2 aromatic rings. The van der Waals surface area contributed by atoms with Crippen molar-refractivity contribution in [1.82, 2.24) is 9.13 Å². The van der Waals surface area contributed by atoms with E-state index in [1.165, 1.54) is 23.7 Å². The number of carbonyl (C=O) groups excluding carboxylic acids is 1. The predicted molar refractivity (Wildman–Crippen MR) is 173 cm³/mol. The van der Waals surface area contributed by atoms with E-state index in [4.69, 9.17) is 22.2 Å². The number of hydrogen-bond donors (Lipinski definition) is 1. The lowest BCUT2D eigenvalue weighted by molar-refractivity contribution is -0.201. The van der Waals surface area contributed by atoms with Crippen LogP contribution < -0.4 is 26.9 Å². The van der Waals surface area contributed by atoms with Crippen molar-refractivity contribution < 1.29 is 31.2 Å². The molecule has 1 unspecified atom stereocenters. The molecule has 0 spiro atoms. The highest BCUT2D eigenvalue weighted by molar-refractivity contribution is 8.01. The van der Waals surface area contributed by atoms with Gasteiger partial charge in [0, 0.05) is 36.5 Å². The van der Waals surface area contributed by atoms with Gasteiger partial charge in [-0.1, -0.05) is 54.6 Å². The molecule has 4 rings (SSSR count). The number of rotatable bonds is 11. The fourth-order valence-corrected chi connectivity index (χ4v) is 8.57. The number of allylic oxidation sites excluding steroid dienone is 1. The zero-order valence-corrected chi connectivity index (χ0v) is 28.1. The maximum absolute atomic E-state index is 14.1. The third-order valence-corrected chi connectivity index (χ3v) is 11.5. The van der Waals surface area contributed by atoms with E-state index in [1.807, 2.05) is 0 Å². The third-order valence-electron chi connectivity index (χ3n) is 7.99. The zero-order chi connectivity index (χ0) is 34.0. The van der Waals surface area contributed by atoms with Crippen molar-refractivity contribution in [1.29, 1.82) is 0 Å². The number of thioether (sulfide) groups is 1. The highest BCUT2D eigenvalue weighted by atomic mass is 35.5. The Morgan fingerprint density at radius 2 is 1.78 bits per heavy atom. The van der Waals surface area contributed by atoms with Gasteiger partial charge in [-0.15, -0.1) is 11.8 Å². The lowest BCUT2D eigenvalue weighted by Crippen LogP contribution is -2.49. The van der Waals surface area contributed by atoms with Crippen LogP contribution in [0.15, 0.2) is 45.5 Å². The standard InChI is InChI=1S/C29H37ClF3N5O6S2/c1-19(2)11-14-36-22-23(38(44-25(40)29(31,32)33)27(36)45-28(18-34)12-5-4-6-13-28)35(3)26(41)37(24(22)39)15-16-46(42,43)17-20-7-9-21(30)10-8-20/h7-11,27H,4-6,12-18,34H2,1-3H3. The van der Waals surface area contributed by atoms with Gasteiger partial charge in [-0.3, -0.25) is 13.9 Å². The van der Waals surface area contributed by atoms with Crippen molar-refractivity contribution in [2.75, 3.05) is 28.8 Å². The highest BCUT2D eigenvalue weighted by Crippen LogP contribution is 2.49. The molecule has 0 amide bonds. The fourth-order valence-electron chi connectivity index (χ4n) is 5.51. The summed E-state index contributed by atoms with van der Waals surface area (Å²) in [5.41, 5.74) is 4.20. The zero-order valence-electron chi connectivity index (χ0n) is 25.7. The van der Waals surface area contributed by atoms with Crippen LogP contribution in [0.5, 0.6) is 0 Å². The lowest BCUT2D eigenvalue weighted by Gasteiger charge is -2.41. The molecule has 0 saturated heterocycles. The van der Waals surface area contributed by atoms with E-state index >= 15 is 0 Å². The first-order valence-electron chi connectivity index (χ1n) is 14.6. The van der Waals surface area contributed by atoms with Crippen molar-refractivity contribution in [3.05, 3.63) is 67.3 Å². The first-order valence-corrected chi connectivity index (χ1v) is 17.7. The van der Waals surface area contributed by atoms with Crippen LogP contribution in [0.4, 0.5) is 24.7 Å². The van der Waals surface area contributed by atoms with Crippen molar-refractivity contribution >= 4 is 50.7 Å². The number of benzene rings is 1. The Balaban J connectivity index is 1.81. The van der Waals surface area contributed by atoms with Gasteiger partial charge in [-0.05, 0) is 44.4 Å². The number of sulfone groups is 1. The number of fused-ring (bicyclic) bond motifs is 1. The summed E-state index contributed by atoms with van der Waals surface area (Å²) < 4.78 is 67.6. The van der Waals surface area contributed by atoms with Crippen LogP contribution in [-0.2, 0) is 38.8 Å². The molecule has 0 bridgehead atoms. The predicted octanol–water partition coefficient (Wildman–Crippen LogP) is 4.11. The van der Waals surface area contributed by atoms with Gasteiger partial charge in [0.25, 0.3) is 5.56 Å². The smallest absolute Gasteiger partial charge is 0.329 e. The highest BCUT2D eigenvalue weighted by Gasteiger charge is 2.51. The summed E-state index contributed by atoms with van der Waals surface area (Å²) >= 11 is 7.07. The second kappa shape index (κ2) is 14.0. The Kier molecular flexibility index (Phi) is 11.0. The van der Waals surface area contributed by atoms with Gasteiger partial charge in [0.1, 0.15) is 0 Å². The van der Waals surface area contributed by atoms with Crippen LogP contribution in [-0.4, -0.2) is 58.8 Å². The number of halogens is 4. The second-order valence-electron chi connectivity index (χ2n) is 11.7. The average Bonchev–Trinajstić information content (AvgIpc) is 3.28. The maximum Gasteiger partial charge on any atom is 0.493 e. The number of alkyl halides is 3. The van der Waals surface area contributed by atoms with E-state index < -0.39 is 55.8 Å². The Labute approximate surface area is 274 Å². The lowest BCUT2D eigenvalue weighted by atomic mass is 9.88. The number of anilines is 2. The molecular weight excluding hydrogens is 671 g/mol. The molecule has 2 heterocycles. The Hall–Kier alpha value is -2.95. The molecule has 11 nitrogen and oxygen atoms in total. The number of hydroxylamine groups is 1. The summed E-state index contributed by atoms with van der Waals surface area (Å²) in [4.78, 5) is 46.3. The van der Waals surface area contributed by atoms with Crippen molar-refractivity contribution in [2.45, 2.75) is 74.7 Å². The summed E-state index contributed by atoms with van der Waals surface area (Å²) in [6.45, 7) is 3.27. The summed E-state index contributed by atoms with van der Waals surface area (Å²) in [7, 11) is -2.60. The van der Waals surface area contributed by atoms with Crippen LogP contribution >= 0.6 is 23.4 Å². The molecule has 1 saturated carbocycles. The molecule has 2 aliphatic rings. The summed E-state index contributed by atoms with van der Waals surface area (Å²) in [5, 5.41) is 1.10. The van der Waals surface area contributed by atoms with Gasteiger partial charge in [0.2, 0.25) is 0 Å². The average molecular weight is 708 g/mol. The largest absolute Gasteiger partial charge is 0.493 e. The quantitative estimate of drug-likeness (QED) is 0.340. The van der Waals surface area contributed by atoms with E-state index in [-0.39, 0.29) is 30.3 Å². The first kappa shape index (κ1) is 35.9. The minimum atomic E-state index is -5.37. The normalized spacial score (nSPS) is 18.0. The minimum Gasteiger partial charge on any atom is -0.329 e. The Morgan fingerprint density at radius 1 is 1.15 bits per heavy atom. The van der Waals surface area contributed by atoms with Gasteiger partial charge in [0.15, 0.2) is 26.8 Å². The molecule has 1 aromatic heterocycles. The summed E-state index contributed by atoms with van der Waals surface area (Å²) in [5.74, 6) is -3.81. The number of nitrogens with zero attached hydrogens (tertiary/aromatic N) is 4. The molecule has 46 heavy (non-hydrogen) atoms. The van der Waals surface area contributed by atoms with E-state index in [0.29, 0.717) is 28.5 Å². The minimum absolute atomic E-state index is 0.00995. The van der Waals surface area contributed by atoms with E-state index in [1.54, 1.807) is 44.2 Å². The van der Waals surface area contributed by atoms with Gasteiger partial charge in [0.05, 0.1) is 11.5 Å². The van der Waals surface area contributed by atoms with Gasteiger partial charge in [-0.25, -0.2) is 18.0 Å². The Bertz CT molecular complexity index is 1700. The van der Waals surface area contributed by atoms with Crippen LogP contribution in [0.25, 0.3) is 0 Å². The molecule has 1 aliphatic carbocycles. The molecule has 1 fully saturated rings. The topological polar surface area (TPSA) is 137 Å². The number of aromatic nitrogens is 2. The van der Waals surface area contributed by atoms with Crippen LogP contribution in [0.3, 0.4) is 0 Å². The van der Waals surface area contributed by atoms with E-state index in [9.17, 15) is 36.0 Å². The monoisotopic (exact) mass is 707 g/mol. The molecule has 1 aliphatic heterocycles. The van der Waals surface area contributed by atoms with Crippen LogP contribution in [0, 0.1) is 0 Å². The van der Waals surface area contributed by atoms with Crippen molar-refractivity contribution in [2.24, 2.45) is 12.8 Å². The van der Waals surface area contributed by atoms with E-state index in [0.717, 1.165) is 34.0 Å². The van der Waals surface area contributed by atoms with Crippen molar-refractivity contribution in [3.8, 4) is 0 Å². The molecule has 2 N–H and O–H groups in total. The van der Waals surface area contributed by atoms with Crippen LogP contribution in [0.2, 0.25) is 5.02 Å². The number of hydrogen-bond acceptors (Lipinski definition) is 10. The number of nitrogens with two attached hydrogens (primary N) is 1. The molecule has 1 aromatic carbocycles. The van der Waals surface area contributed by atoms with E-state index in [2.05, 4.69) is 0 Å². The SMILES string of the molecule is CC(C)=CCN1c2c(n(C)c(=O)n(CCS(=O)(=O)Cc3ccc(Cl)cc3)c2=O)N(OC(=O)C(F)(F)F)C1SC1(CN)CCCCC1. The summed E-state index contributed by atoms with van der Waals surface area (Å²) in [6.07, 6.45) is 0.285. The fraction of sp³-hybridized carbons (Fsp3) is 0.552. The third kappa shape index (κ3) is 7.94. The van der Waals surface area contributed by atoms with Gasteiger partial charge < -0.3 is 15.5 Å². The molecule has 17 heteroatoms. The summed E-state index contributed by atoms with van der Waals surface area (Å²) in [6, 6.07) is 6.19. The molecule has 0 radical (unpaired) electrons. The van der Waals surface area contributed by atoms with Gasteiger partial charge >= 0.3 is 17.8 Å². The second-order valence-corrected chi connectivity index (χ2v) is 15.9.